The maximum Gasteiger partial charge on any atom is 0.242 e. The summed E-state index contributed by atoms with van der Waals surface area (Å²) in [5.74, 6) is 0.308. The van der Waals surface area contributed by atoms with Gasteiger partial charge in [0.1, 0.15) is 11.0 Å². The molecule has 0 radical (unpaired) electrons. The first-order valence-electron chi connectivity index (χ1n) is 7.79. The van der Waals surface area contributed by atoms with Crippen LogP contribution in [0.2, 0.25) is 5.15 Å². The summed E-state index contributed by atoms with van der Waals surface area (Å²) in [6.45, 7) is 0. The number of hydrogen-bond donors (Lipinski definition) is 2. The van der Waals surface area contributed by atoms with Crippen LogP contribution < -0.4 is 11.1 Å². The zero-order chi connectivity index (χ0) is 17.8. The molecule has 0 saturated carbocycles. The summed E-state index contributed by atoms with van der Waals surface area (Å²) >= 11 is 5.91. The SMILES string of the molecule is Cn1nc(-c2ccnc(Cl)c2)cc1NC(=O)C(N)Cc1ccccc1. The summed E-state index contributed by atoms with van der Waals surface area (Å²) in [6, 6.07) is 14.3. The third-order valence-corrected chi connectivity index (χ3v) is 4.00. The molecule has 1 aromatic carbocycles. The number of pyridine rings is 1. The van der Waals surface area contributed by atoms with Crippen LogP contribution in [0.25, 0.3) is 11.3 Å². The van der Waals surface area contributed by atoms with Crippen molar-refractivity contribution >= 4 is 23.3 Å². The molecular formula is C18H18ClN5O. The van der Waals surface area contributed by atoms with Crippen LogP contribution >= 0.6 is 11.6 Å². The molecule has 2 aromatic heterocycles. The Morgan fingerprint density at radius 2 is 2.04 bits per heavy atom. The van der Waals surface area contributed by atoms with Crippen molar-refractivity contribution in [3.05, 3.63) is 65.4 Å². The van der Waals surface area contributed by atoms with Gasteiger partial charge in [0, 0.05) is 24.9 Å². The van der Waals surface area contributed by atoms with Crippen molar-refractivity contribution in [2.24, 2.45) is 12.8 Å². The molecule has 0 spiro atoms. The average Bonchev–Trinajstić information content (AvgIpc) is 2.96. The number of anilines is 1. The Labute approximate surface area is 150 Å². The topological polar surface area (TPSA) is 85.8 Å². The van der Waals surface area contributed by atoms with Crippen molar-refractivity contribution < 1.29 is 4.79 Å². The Morgan fingerprint density at radius 3 is 2.76 bits per heavy atom. The van der Waals surface area contributed by atoms with Gasteiger partial charge >= 0.3 is 0 Å². The molecule has 3 aromatic rings. The molecule has 1 atom stereocenters. The van der Waals surface area contributed by atoms with E-state index in [0.717, 1.165) is 11.1 Å². The van der Waals surface area contributed by atoms with Gasteiger partial charge in [0.15, 0.2) is 0 Å². The lowest BCUT2D eigenvalue weighted by Gasteiger charge is -2.12. The quantitative estimate of drug-likeness (QED) is 0.689. The number of halogens is 1. The second-order valence-electron chi connectivity index (χ2n) is 5.69. The van der Waals surface area contributed by atoms with Crippen LogP contribution in [0.3, 0.4) is 0 Å². The molecule has 0 aliphatic heterocycles. The van der Waals surface area contributed by atoms with Gasteiger partial charge in [-0.05, 0) is 24.1 Å². The summed E-state index contributed by atoms with van der Waals surface area (Å²) in [6.07, 6.45) is 2.08. The molecule has 2 heterocycles. The highest BCUT2D eigenvalue weighted by Crippen LogP contribution is 2.23. The number of rotatable bonds is 5. The number of hydrogen-bond acceptors (Lipinski definition) is 4. The van der Waals surface area contributed by atoms with Crippen LogP contribution in [0.1, 0.15) is 5.56 Å². The molecule has 1 unspecified atom stereocenters. The molecule has 3 rings (SSSR count). The van der Waals surface area contributed by atoms with Gasteiger partial charge in [0.05, 0.1) is 11.7 Å². The Hall–Kier alpha value is -2.70. The number of aromatic nitrogens is 3. The van der Waals surface area contributed by atoms with E-state index in [1.165, 1.54) is 0 Å². The van der Waals surface area contributed by atoms with E-state index >= 15 is 0 Å². The summed E-state index contributed by atoms with van der Waals surface area (Å²) in [5.41, 5.74) is 8.55. The minimum Gasteiger partial charge on any atom is -0.320 e. The lowest BCUT2D eigenvalue weighted by Crippen LogP contribution is -2.37. The molecule has 6 nitrogen and oxygen atoms in total. The van der Waals surface area contributed by atoms with Crippen molar-refractivity contribution in [3.8, 4) is 11.3 Å². The molecule has 25 heavy (non-hydrogen) atoms. The van der Waals surface area contributed by atoms with E-state index in [0.29, 0.717) is 23.1 Å². The minimum absolute atomic E-state index is 0.258. The number of benzene rings is 1. The summed E-state index contributed by atoms with van der Waals surface area (Å²) in [4.78, 5) is 16.3. The van der Waals surface area contributed by atoms with E-state index in [2.05, 4.69) is 15.4 Å². The largest absolute Gasteiger partial charge is 0.320 e. The molecule has 0 fully saturated rings. The maximum atomic E-state index is 12.4. The molecule has 0 saturated heterocycles. The fourth-order valence-corrected chi connectivity index (χ4v) is 2.64. The first-order chi connectivity index (χ1) is 12.0. The van der Waals surface area contributed by atoms with Gasteiger partial charge in [0.25, 0.3) is 0 Å². The summed E-state index contributed by atoms with van der Waals surface area (Å²) < 4.78 is 1.59. The number of nitrogens with one attached hydrogen (secondary N) is 1. The van der Waals surface area contributed by atoms with E-state index in [4.69, 9.17) is 17.3 Å². The van der Waals surface area contributed by atoms with Crippen LogP contribution in [0.4, 0.5) is 5.82 Å². The number of nitrogens with zero attached hydrogens (tertiary/aromatic N) is 3. The van der Waals surface area contributed by atoms with Gasteiger partial charge in [-0.15, -0.1) is 0 Å². The monoisotopic (exact) mass is 355 g/mol. The number of nitrogens with two attached hydrogens (primary N) is 1. The van der Waals surface area contributed by atoms with Crippen molar-refractivity contribution in [3.63, 3.8) is 0 Å². The highest BCUT2D eigenvalue weighted by molar-refractivity contribution is 6.29. The number of aryl methyl sites for hydroxylation is 1. The maximum absolute atomic E-state index is 12.4. The summed E-state index contributed by atoms with van der Waals surface area (Å²) in [7, 11) is 1.75. The summed E-state index contributed by atoms with van der Waals surface area (Å²) in [5, 5.41) is 7.60. The second-order valence-corrected chi connectivity index (χ2v) is 6.08. The van der Waals surface area contributed by atoms with E-state index in [1.807, 2.05) is 30.3 Å². The van der Waals surface area contributed by atoms with Gasteiger partial charge in [0.2, 0.25) is 5.91 Å². The molecular weight excluding hydrogens is 338 g/mol. The molecule has 0 aliphatic rings. The molecule has 7 heteroatoms. The predicted octanol–water partition coefficient (Wildman–Crippen LogP) is 2.64. The Bertz CT molecular complexity index is 878. The third-order valence-electron chi connectivity index (χ3n) is 3.79. The normalized spacial score (nSPS) is 12.0. The predicted molar refractivity (Wildman–Crippen MR) is 98.2 cm³/mol. The van der Waals surface area contributed by atoms with Gasteiger partial charge < -0.3 is 11.1 Å². The van der Waals surface area contributed by atoms with E-state index in [9.17, 15) is 4.79 Å². The molecule has 128 valence electrons. The van der Waals surface area contributed by atoms with Crippen molar-refractivity contribution in [2.75, 3.05) is 5.32 Å². The first kappa shape index (κ1) is 17.1. The Balaban J connectivity index is 1.71. The van der Waals surface area contributed by atoms with Gasteiger partial charge in [-0.2, -0.15) is 5.10 Å². The number of carbonyl (C=O) groups excluding carboxylic acids is 1. The highest BCUT2D eigenvalue weighted by atomic mass is 35.5. The third kappa shape index (κ3) is 4.23. The highest BCUT2D eigenvalue weighted by Gasteiger charge is 2.17. The fraction of sp³-hybridized carbons (Fsp3) is 0.167. The average molecular weight is 356 g/mol. The van der Waals surface area contributed by atoms with Crippen LogP contribution in [-0.2, 0) is 18.3 Å². The Morgan fingerprint density at radius 1 is 1.28 bits per heavy atom. The number of amides is 1. The van der Waals surface area contributed by atoms with E-state index in [1.54, 1.807) is 36.1 Å². The van der Waals surface area contributed by atoms with Crippen molar-refractivity contribution in [1.29, 1.82) is 0 Å². The Kier molecular flexibility index (Phi) is 5.11. The molecule has 3 N–H and O–H groups in total. The fourth-order valence-electron chi connectivity index (χ4n) is 2.47. The van der Waals surface area contributed by atoms with Crippen LogP contribution in [-0.4, -0.2) is 26.7 Å². The lowest BCUT2D eigenvalue weighted by atomic mass is 10.1. The van der Waals surface area contributed by atoms with Crippen molar-refractivity contribution in [2.45, 2.75) is 12.5 Å². The van der Waals surface area contributed by atoms with Crippen LogP contribution in [0.15, 0.2) is 54.7 Å². The number of carbonyl (C=O) groups is 1. The first-order valence-corrected chi connectivity index (χ1v) is 8.17. The van der Waals surface area contributed by atoms with Gasteiger partial charge in [-0.3, -0.25) is 9.48 Å². The van der Waals surface area contributed by atoms with Gasteiger partial charge in [-0.25, -0.2) is 4.98 Å². The zero-order valence-corrected chi connectivity index (χ0v) is 14.4. The molecule has 1 amide bonds. The zero-order valence-electron chi connectivity index (χ0n) is 13.7. The van der Waals surface area contributed by atoms with Crippen molar-refractivity contribution in [1.82, 2.24) is 14.8 Å². The van der Waals surface area contributed by atoms with Crippen LogP contribution in [0.5, 0.6) is 0 Å². The van der Waals surface area contributed by atoms with Gasteiger partial charge in [-0.1, -0.05) is 41.9 Å². The minimum atomic E-state index is -0.642. The standard InChI is InChI=1S/C18H18ClN5O/c1-24-17(11-15(23-24)13-7-8-21-16(19)10-13)22-18(25)14(20)9-12-5-3-2-4-6-12/h2-8,10-11,14H,9,20H2,1H3,(H,22,25). The molecule has 0 bridgehead atoms. The van der Waals surface area contributed by atoms with E-state index < -0.39 is 6.04 Å². The lowest BCUT2D eigenvalue weighted by molar-refractivity contribution is -0.117. The second kappa shape index (κ2) is 7.46. The van der Waals surface area contributed by atoms with E-state index in [-0.39, 0.29) is 5.91 Å². The smallest absolute Gasteiger partial charge is 0.242 e. The molecule has 0 aliphatic carbocycles. The van der Waals surface area contributed by atoms with Crippen LogP contribution in [0, 0.1) is 0 Å².